The van der Waals surface area contributed by atoms with E-state index in [0.717, 1.165) is 18.5 Å². The molecule has 19 heavy (non-hydrogen) atoms. The van der Waals surface area contributed by atoms with Crippen LogP contribution < -0.4 is 0 Å². The third kappa shape index (κ3) is 3.33. The van der Waals surface area contributed by atoms with Crippen LogP contribution in [0.5, 0.6) is 0 Å². The second kappa shape index (κ2) is 5.85. The van der Waals surface area contributed by atoms with Gasteiger partial charge in [-0.2, -0.15) is 5.26 Å². The van der Waals surface area contributed by atoms with Crippen LogP contribution in [-0.2, 0) is 11.2 Å². The first-order valence-electron chi connectivity index (χ1n) is 6.55. The predicted octanol–water partition coefficient (Wildman–Crippen LogP) is 1.33. The van der Waals surface area contributed by atoms with Crippen molar-refractivity contribution in [2.75, 3.05) is 13.1 Å². The highest BCUT2D eigenvalue weighted by Gasteiger charge is 2.28. The lowest BCUT2D eigenvalue weighted by molar-refractivity contribution is -0.129. The second-order valence-corrected chi connectivity index (χ2v) is 5.11. The Bertz CT molecular complexity index is 488. The highest BCUT2D eigenvalue weighted by Crippen LogP contribution is 2.20. The van der Waals surface area contributed by atoms with Crippen LogP contribution in [0.4, 0.5) is 0 Å². The fourth-order valence-corrected chi connectivity index (χ4v) is 2.39. The molecule has 1 aromatic carbocycles. The fraction of sp³-hybridized carbons (Fsp3) is 0.467. The number of nitriles is 1. The minimum Gasteiger partial charge on any atom is -0.393 e. The Labute approximate surface area is 113 Å². The molecule has 1 saturated heterocycles. The van der Waals surface area contributed by atoms with E-state index in [1.807, 2.05) is 17.0 Å². The molecule has 2 unspecified atom stereocenters. The molecule has 1 aliphatic rings. The van der Waals surface area contributed by atoms with Crippen molar-refractivity contribution in [1.29, 1.82) is 5.26 Å². The molecule has 0 bridgehead atoms. The van der Waals surface area contributed by atoms with Gasteiger partial charge < -0.3 is 10.0 Å². The van der Waals surface area contributed by atoms with Crippen molar-refractivity contribution >= 4 is 5.91 Å². The van der Waals surface area contributed by atoms with E-state index in [-0.39, 0.29) is 17.9 Å². The first-order valence-corrected chi connectivity index (χ1v) is 6.55. The van der Waals surface area contributed by atoms with Gasteiger partial charge in [-0.05, 0) is 31.0 Å². The van der Waals surface area contributed by atoms with Crippen molar-refractivity contribution < 1.29 is 9.90 Å². The molecule has 1 aliphatic heterocycles. The molecule has 100 valence electrons. The number of rotatable bonds is 3. The molecule has 4 nitrogen and oxygen atoms in total. The van der Waals surface area contributed by atoms with E-state index in [9.17, 15) is 9.90 Å². The number of carbonyl (C=O) groups excluding carboxylic acids is 1. The number of hydrogen-bond donors (Lipinski definition) is 1. The quantitative estimate of drug-likeness (QED) is 0.889. The molecule has 2 rings (SSSR count). The summed E-state index contributed by atoms with van der Waals surface area (Å²) in [4.78, 5) is 13.9. The zero-order chi connectivity index (χ0) is 13.8. The van der Waals surface area contributed by atoms with Crippen LogP contribution in [-0.4, -0.2) is 35.1 Å². The number of aliphatic hydroxyl groups is 1. The van der Waals surface area contributed by atoms with Crippen LogP contribution in [0.1, 0.15) is 24.5 Å². The minimum absolute atomic E-state index is 0.0906. The monoisotopic (exact) mass is 258 g/mol. The summed E-state index contributed by atoms with van der Waals surface area (Å²) in [5.74, 6) is 0.290. The van der Waals surface area contributed by atoms with Crippen LogP contribution in [0.3, 0.4) is 0 Å². The molecule has 4 heteroatoms. The molecule has 0 radical (unpaired) electrons. The lowest BCUT2D eigenvalue weighted by Gasteiger charge is -2.17. The summed E-state index contributed by atoms with van der Waals surface area (Å²) in [5.41, 5.74) is 1.52. The van der Waals surface area contributed by atoms with Gasteiger partial charge in [-0.15, -0.1) is 0 Å². The normalized spacial score (nSPS) is 20.1. The van der Waals surface area contributed by atoms with Gasteiger partial charge in [-0.3, -0.25) is 4.79 Å². The Morgan fingerprint density at radius 3 is 2.74 bits per heavy atom. The molecule has 0 spiro atoms. The van der Waals surface area contributed by atoms with Gasteiger partial charge in [0.05, 0.1) is 24.2 Å². The number of hydrogen-bond acceptors (Lipinski definition) is 3. The van der Waals surface area contributed by atoms with Crippen LogP contribution in [0, 0.1) is 17.2 Å². The highest BCUT2D eigenvalue weighted by atomic mass is 16.3. The molecule has 1 heterocycles. The molecule has 0 saturated carbocycles. The molecule has 0 aliphatic carbocycles. The Morgan fingerprint density at radius 1 is 1.53 bits per heavy atom. The molecular weight excluding hydrogens is 240 g/mol. The van der Waals surface area contributed by atoms with E-state index >= 15 is 0 Å². The highest BCUT2D eigenvalue weighted by molar-refractivity contribution is 5.79. The van der Waals surface area contributed by atoms with Gasteiger partial charge in [-0.25, -0.2) is 0 Å². The first kappa shape index (κ1) is 13.6. The van der Waals surface area contributed by atoms with Gasteiger partial charge in [0, 0.05) is 19.0 Å². The number of likely N-dealkylation sites (tertiary alicyclic amines) is 1. The number of benzene rings is 1. The molecule has 2 atom stereocenters. The van der Waals surface area contributed by atoms with Crippen molar-refractivity contribution in [1.82, 2.24) is 4.90 Å². The summed E-state index contributed by atoms with van der Waals surface area (Å²) >= 11 is 0. The topological polar surface area (TPSA) is 64.3 Å². The van der Waals surface area contributed by atoms with Crippen LogP contribution in [0.15, 0.2) is 24.3 Å². The van der Waals surface area contributed by atoms with Gasteiger partial charge in [0.1, 0.15) is 0 Å². The molecule has 0 aromatic heterocycles. The van der Waals surface area contributed by atoms with Crippen LogP contribution >= 0.6 is 0 Å². The number of aliphatic hydroxyl groups excluding tert-OH is 1. The third-order valence-corrected chi connectivity index (χ3v) is 3.70. The van der Waals surface area contributed by atoms with E-state index in [1.54, 1.807) is 19.1 Å². The average molecular weight is 258 g/mol. The number of nitrogens with zero attached hydrogens (tertiary/aromatic N) is 2. The molecule has 1 aromatic rings. The maximum Gasteiger partial charge on any atom is 0.227 e. The SMILES string of the molecule is CC(O)C1CCN(C(=O)Cc2ccc(C#N)cc2)C1. The summed E-state index contributed by atoms with van der Waals surface area (Å²) in [7, 11) is 0. The van der Waals surface area contributed by atoms with Gasteiger partial charge >= 0.3 is 0 Å². The first-order chi connectivity index (χ1) is 9.10. The summed E-state index contributed by atoms with van der Waals surface area (Å²) in [6, 6.07) is 9.15. The van der Waals surface area contributed by atoms with E-state index in [2.05, 4.69) is 6.07 Å². The van der Waals surface area contributed by atoms with E-state index in [4.69, 9.17) is 5.26 Å². The van der Waals surface area contributed by atoms with Gasteiger partial charge in [-0.1, -0.05) is 12.1 Å². The van der Waals surface area contributed by atoms with E-state index in [1.165, 1.54) is 0 Å². The van der Waals surface area contributed by atoms with E-state index in [0.29, 0.717) is 18.5 Å². The Balaban J connectivity index is 1.92. The largest absolute Gasteiger partial charge is 0.393 e. The third-order valence-electron chi connectivity index (χ3n) is 3.70. The maximum absolute atomic E-state index is 12.1. The summed E-state index contributed by atoms with van der Waals surface area (Å²) in [6.07, 6.45) is 0.877. The lowest BCUT2D eigenvalue weighted by Crippen LogP contribution is -2.31. The van der Waals surface area contributed by atoms with Crippen molar-refractivity contribution in [2.45, 2.75) is 25.9 Å². The zero-order valence-corrected chi connectivity index (χ0v) is 11.0. The lowest BCUT2D eigenvalue weighted by atomic mass is 10.0. The molecule has 1 amide bonds. The standard InChI is InChI=1S/C15H18N2O2/c1-11(18)14-6-7-17(10-14)15(19)8-12-2-4-13(9-16)5-3-12/h2-5,11,14,18H,6-8,10H2,1H3. The zero-order valence-electron chi connectivity index (χ0n) is 11.0. The molecule has 1 fully saturated rings. The predicted molar refractivity (Wildman–Crippen MR) is 71.2 cm³/mol. The number of amides is 1. The maximum atomic E-state index is 12.1. The van der Waals surface area contributed by atoms with Crippen molar-refractivity contribution in [3.05, 3.63) is 35.4 Å². The fourth-order valence-electron chi connectivity index (χ4n) is 2.39. The van der Waals surface area contributed by atoms with Gasteiger partial charge in [0.15, 0.2) is 0 Å². The minimum atomic E-state index is -0.354. The van der Waals surface area contributed by atoms with Crippen molar-refractivity contribution in [3.8, 4) is 6.07 Å². The Kier molecular flexibility index (Phi) is 4.18. The summed E-state index contributed by atoms with van der Waals surface area (Å²) in [6.45, 7) is 3.15. The average Bonchev–Trinajstić information content (AvgIpc) is 2.89. The Morgan fingerprint density at radius 2 is 2.21 bits per heavy atom. The number of carbonyl (C=O) groups is 1. The molecular formula is C15H18N2O2. The molecule has 1 N–H and O–H groups in total. The van der Waals surface area contributed by atoms with Crippen LogP contribution in [0.25, 0.3) is 0 Å². The summed E-state index contributed by atoms with van der Waals surface area (Å²) < 4.78 is 0. The second-order valence-electron chi connectivity index (χ2n) is 5.11. The van der Waals surface area contributed by atoms with Crippen LogP contribution in [0.2, 0.25) is 0 Å². The smallest absolute Gasteiger partial charge is 0.227 e. The summed E-state index contributed by atoms with van der Waals surface area (Å²) in [5, 5.41) is 18.2. The Hall–Kier alpha value is -1.86. The van der Waals surface area contributed by atoms with E-state index < -0.39 is 0 Å². The van der Waals surface area contributed by atoms with Gasteiger partial charge in [0.25, 0.3) is 0 Å². The van der Waals surface area contributed by atoms with Crippen molar-refractivity contribution in [3.63, 3.8) is 0 Å². The van der Waals surface area contributed by atoms with Crippen molar-refractivity contribution in [2.24, 2.45) is 5.92 Å². The van der Waals surface area contributed by atoms with Gasteiger partial charge in [0.2, 0.25) is 5.91 Å².